The number of nitrogens with zero attached hydrogens (tertiary/aromatic N) is 3. The molecular weight excluding hydrogens is 397 g/mol. The Kier molecular flexibility index (Phi) is 5.33. The highest BCUT2D eigenvalue weighted by atomic mass is 19.4. The van der Waals surface area contributed by atoms with Gasteiger partial charge in [-0.05, 0) is 44.2 Å². The number of piperidine rings is 1. The number of hydrogen-bond donors (Lipinski definition) is 3. The molecule has 0 saturated carbocycles. The molecule has 3 N–H and O–H groups in total. The minimum absolute atomic E-state index is 0.0178. The fourth-order valence-corrected chi connectivity index (χ4v) is 3.65. The van der Waals surface area contributed by atoms with Gasteiger partial charge in [-0.1, -0.05) is 12.1 Å². The number of benzene rings is 1. The largest absolute Gasteiger partial charge is 0.433 e. The van der Waals surface area contributed by atoms with Crippen molar-refractivity contribution >= 4 is 22.8 Å². The highest BCUT2D eigenvalue weighted by Crippen LogP contribution is 2.30. The third kappa shape index (κ3) is 4.38. The van der Waals surface area contributed by atoms with Crippen molar-refractivity contribution in [1.82, 2.24) is 25.2 Å². The van der Waals surface area contributed by atoms with Gasteiger partial charge in [-0.15, -0.1) is 0 Å². The monoisotopic (exact) mass is 418 g/mol. The Balaban J connectivity index is 1.39. The molecule has 158 valence electrons. The number of carbonyl (C=O) groups is 1. The molecule has 0 bridgehead atoms. The van der Waals surface area contributed by atoms with Gasteiger partial charge in [0.25, 0.3) is 0 Å². The lowest BCUT2D eigenvalue weighted by Crippen LogP contribution is -2.46. The number of carbonyl (C=O) groups excluding carboxylic acids is 1. The van der Waals surface area contributed by atoms with Gasteiger partial charge in [0, 0.05) is 12.6 Å². The molecule has 1 unspecified atom stereocenters. The summed E-state index contributed by atoms with van der Waals surface area (Å²) < 4.78 is 37.8. The molecule has 1 aliphatic rings. The van der Waals surface area contributed by atoms with Crippen LogP contribution in [0.5, 0.6) is 0 Å². The number of aromatic nitrogens is 3. The zero-order valence-electron chi connectivity index (χ0n) is 16.2. The lowest BCUT2D eigenvalue weighted by molar-refractivity contribution is -0.141. The summed E-state index contributed by atoms with van der Waals surface area (Å²) in [5.74, 6) is 0.845. The van der Waals surface area contributed by atoms with Crippen molar-refractivity contribution in [2.45, 2.75) is 31.1 Å². The number of amides is 2. The van der Waals surface area contributed by atoms with E-state index in [4.69, 9.17) is 0 Å². The van der Waals surface area contributed by atoms with Crippen molar-refractivity contribution in [3.8, 4) is 0 Å². The van der Waals surface area contributed by atoms with Crippen LogP contribution < -0.4 is 10.6 Å². The molecular formula is C20H21F3N6O. The quantitative estimate of drug-likeness (QED) is 0.602. The van der Waals surface area contributed by atoms with Gasteiger partial charge in [0.05, 0.1) is 29.0 Å². The van der Waals surface area contributed by atoms with Crippen LogP contribution in [0.4, 0.5) is 23.7 Å². The first kappa shape index (κ1) is 20.1. The summed E-state index contributed by atoms with van der Waals surface area (Å²) >= 11 is 0. The molecule has 3 aromatic rings. The summed E-state index contributed by atoms with van der Waals surface area (Å²) in [7, 11) is 2.02. The minimum atomic E-state index is -4.51. The van der Waals surface area contributed by atoms with E-state index in [1.165, 1.54) is 6.07 Å². The number of H-pyrrole nitrogens is 1. The Morgan fingerprint density at radius 2 is 2.03 bits per heavy atom. The van der Waals surface area contributed by atoms with Crippen LogP contribution in [-0.2, 0) is 6.18 Å². The van der Waals surface area contributed by atoms with E-state index in [9.17, 15) is 18.0 Å². The van der Waals surface area contributed by atoms with E-state index in [2.05, 4.69) is 30.5 Å². The lowest BCUT2D eigenvalue weighted by Gasteiger charge is -2.36. The predicted molar refractivity (Wildman–Crippen MR) is 106 cm³/mol. The van der Waals surface area contributed by atoms with Crippen molar-refractivity contribution in [1.29, 1.82) is 0 Å². The number of nitrogens with one attached hydrogen (secondary N) is 3. The summed E-state index contributed by atoms with van der Waals surface area (Å²) in [5.41, 5.74) is 1.05. The van der Waals surface area contributed by atoms with Crippen molar-refractivity contribution in [3.05, 3.63) is 54.1 Å². The maximum Gasteiger partial charge on any atom is 0.433 e. The van der Waals surface area contributed by atoms with E-state index in [0.29, 0.717) is 6.42 Å². The summed E-state index contributed by atoms with van der Waals surface area (Å²) in [5, 5.41) is 5.44. The number of anilines is 1. The number of pyridine rings is 1. The van der Waals surface area contributed by atoms with Crippen molar-refractivity contribution < 1.29 is 18.0 Å². The van der Waals surface area contributed by atoms with Gasteiger partial charge in [0.1, 0.15) is 11.5 Å². The number of urea groups is 1. The van der Waals surface area contributed by atoms with E-state index < -0.39 is 17.9 Å². The Morgan fingerprint density at radius 3 is 2.73 bits per heavy atom. The van der Waals surface area contributed by atoms with Crippen LogP contribution in [0, 0.1) is 0 Å². The Labute approximate surface area is 170 Å². The van der Waals surface area contributed by atoms with E-state index in [1.807, 2.05) is 31.3 Å². The molecule has 1 fully saturated rings. The molecule has 30 heavy (non-hydrogen) atoms. The number of para-hydroxylation sites is 2. The number of rotatable bonds is 3. The average molecular weight is 418 g/mol. The molecule has 0 spiro atoms. The molecule has 1 aliphatic heterocycles. The second-order valence-corrected chi connectivity index (χ2v) is 7.39. The SMILES string of the molecule is CN1CC[C@@H](NC(=O)Nc2ccc(C(F)(F)F)nc2)CC1c1nc2ccccc2[nH]1. The molecule has 0 aliphatic carbocycles. The van der Waals surface area contributed by atoms with Gasteiger partial charge >= 0.3 is 12.2 Å². The van der Waals surface area contributed by atoms with Crippen molar-refractivity contribution in [2.75, 3.05) is 18.9 Å². The number of alkyl halides is 3. The van der Waals surface area contributed by atoms with Crippen LogP contribution in [0.3, 0.4) is 0 Å². The molecule has 1 aromatic carbocycles. The molecule has 1 saturated heterocycles. The van der Waals surface area contributed by atoms with Gasteiger partial charge in [0.2, 0.25) is 0 Å². The Hall–Kier alpha value is -3.14. The van der Waals surface area contributed by atoms with Crippen LogP contribution in [0.2, 0.25) is 0 Å². The second-order valence-electron chi connectivity index (χ2n) is 7.39. The zero-order valence-corrected chi connectivity index (χ0v) is 16.2. The molecule has 0 radical (unpaired) electrons. The fourth-order valence-electron chi connectivity index (χ4n) is 3.65. The van der Waals surface area contributed by atoms with Crippen LogP contribution in [-0.4, -0.2) is 45.5 Å². The zero-order chi connectivity index (χ0) is 21.3. The van der Waals surface area contributed by atoms with Gasteiger partial charge in [-0.2, -0.15) is 13.2 Å². The molecule has 7 nitrogen and oxygen atoms in total. The average Bonchev–Trinajstić information content (AvgIpc) is 3.13. The maximum atomic E-state index is 12.6. The van der Waals surface area contributed by atoms with Crippen LogP contribution in [0.25, 0.3) is 11.0 Å². The highest BCUT2D eigenvalue weighted by Gasteiger charge is 2.32. The summed E-state index contributed by atoms with van der Waals surface area (Å²) in [6.07, 6.45) is -2.10. The Morgan fingerprint density at radius 1 is 1.23 bits per heavy atom. The lowest BCUT2D eigenvalue weighted by atomic mass is 9.97. The van der Waals surface area contributed by atoms with Gasteiger partial charge in [-0.3, -0.25) is 4.90 Å². The fraction of sp³-hybridized carbons (Fsp3) is 0.350. The number of fused-ring (bicyclic) bond motifs is 1. The van der Waals surface area contributed by atoms with E-state index in [-0.39, 0.29) is 17.8 Å². The van der Waals surface area contributed by atoms with Gasteiger partial charge in [0.15, 0.2) is 0 Å². The second kappa shape index (κ2) is 7.94. The third-order valence-corrected chi connectivity index (χ3v) is 5.24. The molecule has 2 amide bonds. The number of likely N-dealkylation sites (tertiary alicyclic amines) is 1. The van der Waals surface area contributed by atoms with Crippen LogP contribution >= 0.6 is 0 Å². The summed E-state index contributed by atoms with van der Waals surface area (Å²) in [6, 6.07) is 9.25. The number of halogens is 3. The van der Waals surface area contributed by atoms with E-state index >= 15 is 0 Å². The normalized spacial score (nSPS) is 20.3. The van der Waals surface area contributed by atoms with E-state index in [1.54, 1.807) is 0 Å². The first-order chi connectivity index (χ1) is 14.3. The van der Waals surface area contributed by atoms with Gasteiger partial charge in [-0.25, -0.2) is 14.8 Å². The van der Waals surface area contributed by atoms with Crippen LogP contribution in [0.15, 0.2) is 42.6 Å². The summed E-state index contributed by atoms with van der Waals surface area (Å²) in [6.45, 7) is 0.772. The van der Waals surface area contributed by atoms with Crippen LogP contribution in [0.1, 0.15) is 30.4 Å². The Bertz CT molecular complexity index is 1000. The number of aromatic amines is 1. The topological polar surface area (TPSA) is 85.9 Å². The number of imidazole rings is 1. The molecule has 2 aromatic heterocycles. The van der Waals surface area contributed by atoms with Crippen molar-refractivity contribution in [2.24, 2.45) is 0 Å². The first-order valence-electron chi connectivity index (χ1n) is 9.55. The molecule has 2 atom stereocenters. The number of hydrogen-bond acceptors (Lipinski definition) is 4. The molecule has 3 heterocycles. The minimum Gasteiger partial charge on any atom is -0.341 e. The highest BCUT2D eigenvalue weighted by molar-refractivity contribution is 5.89. The van der Waals surface area contributed by atoms with E-state index in [0.717, 1.165) is 42.1 Å². The van der Waals surface area contributed by atoms with Crippen molar-refractivity contribution in [3.63, 3.8) is 0 Å². The first-order valence-corrected chi connectivity index (χ1v) is 9.55. The van der Waals surface area contributed by atoms with Gasteiger partial charge < -0.3 is 15.6 Å². The molecule has 10 heteroatoms. The third-order valence-electron chi connectivity index (χ3n) is 5.24. The molecule has 4 rings (SSSR count). The standard InChI is InChI=1S/C20H21F3N6O/c1-29-9-8-12(10-16(29)18-27-14-4-2-3-5-15(14)28-18)25-19(30)26-13-6-7-17(24-11-13)20(21,22)23/h2-7,11-12,16H,8-10H2,1H3,(H,27,28)(H2,25,26,30)/t12-,16?/m1/s1. The smallest absolute Gasteiger partial charge is 0.341 e. The maximum absolute atomic E-state index is 12.6. The predicted octanol–water partition coefficient (Wildman–Crippen LogP) is 3.93. The summed E-state index contributed by atoms with van der Waals surface area (Å²) in [4.78, 5) is 25.9.